The summed E-state index contributed by atoms with van der Waals surface area (Å²) in [5.74, 6) is 0.00833. The summed E-state index contributed by atoms with van der Waals surface area (Å²) >= 11 is 12.0. The van der Waals surface area contributed by atoms with Crippen LogP contribution < -0.4 is 5.32 Å². The van der Waals surface area contributed by atoms with Crippen LogP contribution in [0.3, 0.4) is 0 Å². The van der Waals surface area contributed by atoms with E-state index in [1.54, 1.807) is 6.07 Å². The largest absolute Gasteiger partial charge is 0.329 e. The second-order valence-electron chi connectivity index (χ2n) is 4.04. The molecule has 6 heteroatoms. The van der Waals surface area contributed by atoms with Gasteiger partial charge in [0.2, 0.25) is 0 Å². The first kappa shape index (κ1) is 13.0. The van der Waals surface area contributed by atoms with E-state index in [-0.39, 0.29) is 24.4 Å². The van der Waals surface area contributed by atoms with E-state index in [0.29, 0.717) is 15.6 Å². The molecule has 1 N–H and O–H groups in total. The van der Waals surface area contributed by atoms with Gasteiger partial charge in [0, 0.05) is 19.6 Å². The van der Waals surface area contributed by atoms with Crippen LogP contribution >= 0.6 is 35.6 Å². The topological polar surface area (TPSA) is 32.3 Å². The summed E-state index contributed by atoms with van der Waals surface area (Å²) in [6, 6.07) is 3.78. The van der Waals surface area contributed by atoms with Crippen LogP contribution in [0.2, 0.25) is 10.0 Å². The maximum atomic E-state index is 12.2. The number of rotatable bonds is 0. The molecule has 1 aromatic carbocycles. The van der Waals surface area contributed by atoms with Crippen LogP contribution in [-0.4, -0.2) is 30.4 Å². The van der Waals surface area contributed by atoms with Crippen molar-refractivity contribution in [3.8, 4) is 0 Å². The fourth-order valence-corrected chi connectivity index (χ4v) is 2.84. The van der Waals surface area contributed by atoms with Crippen molar-refractivity contribution in [3.05, 3.63) is 33.3 Å². The Morgan fingerprint density at radius 1 is 1.35 bits per heavy atom. The van der Waals surface area contributed by atoms with E-state index >= 15 is 0 Å². The van der Waals surface area contributed by atoms with Crippen molar-refractivity contribution in [2.75, 3.05) is 19.6 Å². The Kier molecular flexibility index (Phi) is 3.55. The number of piperazine rings is 1. The van der Waals surface area contributed by atoms with Gasteiger partial charge in [-0.25, -0.2) is 0 Å². The van der Waals surface area contributed by atoms with Gasteiger partial charge in [0.25, 0.3) is 5.91 Å². The second kappa shape index (κ2) is 4.65. The predicted molar refractivity (Wildman–Crippen MR) is 70.4 cm³/mol. The molecule has 92 valence electrons. The molecule has 0 spiro atoms. The molecule has 3 nitrogen and oxygen atoms in total. The molecule has 1 saturated heterocycles. The van der Waals surface area contributed by atoms with Gasteiger partial charge in [0.05, 0.1) is 21.7 Å². The molecule has 2 aliphatic rings. The van der Waals surface area contributed by atoms with E-state index < -0.39 is 0 Å². The first-order valence-corrected chi connectivity index (χ1v) is 5.95. The molecular formula is C11H11Cl3N2O. The summed E-state index contributed by atoms with van der Waals surface area (Å²) in [4.78, 5) is 14.0. The number of halogens is 3. The predicted octanol–water partition coefficient (Wildman–Crippen LogP) is 2.52. The molecule has 0 aliphatic carbocycles. The zero-order valence-corrected chi connectivity index (χ0v) is 11.2. The average Bonchev–Trinajstić information content (AvgIpc) is 2.59. The maximum Gasteiger partial charge on any atom is 0.256 e. The van der Waals surface area contributed by atoms with E-state index in [2.05, 4.69) is 5.32 Å². The first-order chi connectivity index (χ1) is 7.70. The third-order valence-corrected chi connectivity index (χ3v) is 4.01. The summed E-state index contributed by atoms with van der Waals surface area (Å²) in [6.07, 6.45) is 0. The quantitative estimate of drug-likeness (QED) is 0.797. The number of carbonyl (C=O) groups is 1. The lowest BCUT2D eigenvalue weighted by Crippen LogP contribution is -2.44. The van der Waals surface area contributed by atoms with Gasteiger partial charge < -0.3 is 10.2 Å². The molecule has 1 amide bonds. The van der Waals surface area contributed by atoms with Crippen LogP contribution in [0, 0.1) is 0 Å². The molecule has 0 aromatic heterocycles. The standard InChI is InChI=1S/C11H10Cl2N2O.ClH/c12-7-2-1-6-8-5-14-3-4-15(8)11(16)9(6)10(7)13;/h1-2,8,14H,3-5H2;1H/t8-;/m0./s1. The van der Waals surface area contributed by atoms with Crippen LogP contribution in [0.15, 0.2) is 12.1 Å². The highest BCUT2D eigenvalue weighted by atomic mass is 35.5. The van der Waals surface area contributed by atoms with Crippen molar-refractivity contribution in [2.45, 2.75) is 6.04 Å². The highest BCUT2D eigenvalue weighted by Crippen LogP contribution is 2.40. The Hall–Kier alpha value is -0.480. The van der Waals surface area contributed by atoms with Gasteiger partial charge in [-0.2, -0.15) is 0 Å². The van der Waals surface area contributed by atoms with Gasteiger partial charge in [-0.05, 0) is 11.6 Å². The Bertz CT molecular complexity index is 478. The van der Waals surface area contributed by atoms with Crippen LogP contribution in [0.4, 0.5) is 0 Å². The molecule has 17 heavy (non-hydrogen) atoms. The summed E-state index contributed by atoms with van der Waals surface area (Å²) in [5, 5.41) is 4.12. The molecule has 2 heterocycles. The zero-order chi connectivity index (χ0) is 11.3. The number of fused-ring (bicyclic) bond motifs is 3. The van der Waals surface area contributed by atoms with Gasteiger partial charge in [-0.1, -0.05) is 29.3 Å². The average molecular weight is 294 g/mol. The lowest BCUT2D eigenvalue weighted by atomic mass is 10.0. The number of carbonyl (C=O) groups excluding carboxylic acids is 1. The third kappa shape index (κ3) is 1.82. The molecule has 0 radical (unpaired) electrons. The molecular weight excluding hydrogens is 282 g/mol. The SMILES string of the molecule is Cl.O=C1c2c(ccc(Cl)c2Cl)[C@@H]2CNCCN12. The third-order valence-electron chi connectivity index (χ3n) is 3.20. The van der Waals surface area contributed by atoms with Crippen molar-refractivity contribution in [3.63, 3.8) is 0 Å². The number of amides is 1. The van der Waals surface area contributed by atoms with Gasteiger partial charge >= 0.3 is 0 Å². The van der Waals surface area contributed by atoms with Gasteiger partial charge in [-0.3, -0.25) is 4.79 Å². The summed E-state index contributed by atoms with van der Waals surface area (Å²) in [7, 11) is 0. The zero-order valence-electron chi connectivity index (χ0n) is 8.87. The van der Waals surface area contributed by atoms with Crippen LogP contribution in [-0.2, 0) is 0 Å². The minimum atomic E-state index is 0. The van der Waals surface area contributed by atoms with Crippen LogP contribution in [0.1, 0.15) is 22.0 Å². The van der Waals surface area contributed by atoms with E-state index in [1.807, 2.05) is 11.0 Å². The number of benzene rings is 1. The number of nitrogens with one attached hydrogen (secondary N) is 1. The summed E-state index contributed by atoms with van der Waals surface area (Å²) in [6.45, 7) is 2.35. The van der Waals surface area contributed by atoms with Crippen molar-refractivity contribution >= 4 is 41.5 Å². The first-order valence-electron chi connectivity index (χ1n) is 5.19. The highest BCUT2D eigenvalue weighted by molar-refractivity contribution is 6.44. The van der Waals surface area contributed by atoms with Gasteiger partial charge in [0.1, 0.15) is 0 Å². The minimum Gasteiger partial charge on any atom is -0.329 e. The maximum absolute atomic E-state index is 12.2. The fraction of sp³-hybridized carbons (Fsp3) is 0.364. The fourth-order valence-electron chi connectivity index (χ4n) is 2.43. The molecule has 1 atom stereocenters. The smallest absolute Gasteiger partial charge is 0.256 e. The Balaban J connectivity index is 0.00000108. The number of hydrogen-bond acceptors (Lipinski definition) is 2. The van der Waals surface area contributed by atoms with E-state index in [4.69, 9.17) is 23.2 Å². The lowest BCUT2D eigenvalue weighted by molar-refractivity contribution is 0.0691. The minimum absolute atomic E-state index is 0. The van der Waals surface area contributed by atoms with E-state index in [9.17, 15) is 4.79 Å². The Morgan fingerprint density at radius 2 is 2.12 bits per heavy atom. The number of hydrogen-bond donors (Lipinski definition) is 1. The van der Waals surface area contributed by atoms with Gasteiger partial charge in [0.15, 0.2) is 0 Å². The summed E-state index contributed by atoms with van der Waals surface area (Å²) in [5.41, 5.74) is 1.58. The Labute approximate surface area is 115 Å². The molecule has 1 fully saturated rings. The molecule has 0 unspecified atom stereocenters. The highest BCUT2D eigenvalue weighted by Gasteiger charge is 2.39. The van der Waals surface area contributed by atoms with E-state index in [1.165, 1.54) is 0 Å². The summed E-state index contributed by atoms with van der Waals surface area (Å²) < 4.78 is 0. The number of nitrogens with zero attached hydrogens (tertiary/aromatic N) is 1. The van der Waals surface area contributed by atoms with Crippen molar-refractivity contribution < 1.29 is 4.79 Å². The van der Waals surface area contributed by atoms with Crippen LogP contribution in [0.25, 0.3) is 0 Å². The van der Waals surface area contributed by atoms with Crippen molar-refractivity contribution in [2.24, 2.45) is 0 Å². The molecule has 3 rings (SSSR count). The lowest BCUT2D eigenvalue weighted by Gasteiger charge is -2.30. The van der Waals surface area contributed by atoms with Crippen molar-refractivity contribution in [1.29, 1.82) is 0 Å². The van der Waals surface area contributed by atoms with E-state index in [0.717, 1.165) is 25.2 Å². The molecule has 0 saturated carbocycles. The normalized spacial score (nSPS) is 21.9. The molecule has 0 bridgehead atoms. The second-order valence-corrected chi connectivity index (χ2v) is 4.83. The molecule has 2 aliphatic heterocycles. The molecule has 1 aromatic rings. The monoisotopic (exact) mass is 292 g/mol. The van der Waals surface area contributed by atoms with Gasteiger partial charge in [-0.15, -0.1) is 12.4 Å². The van der Waals surface area contributed by atoms with Crippen molar-refractivity contribution in [1.82, 2.24) is 10.2 Å². The Morgan fingerprint density at radius 3 is 2.88 bits per heavy atom. The van der Waals surface area contributed by atoms with Crippen LogP contribution in [0.5, 0.6) is 0 Å².